The van der Waals surface area contributed by atoms with Gasteiger partial charge in [-0.15, -0.1) is 0 Å². The molecule has 0 aliphatic carbocycles. The lowest BCUT2D eigenvalue weighted by Crippen LogP contribution is -2.51. The van der Waals surface area contributed by atoms with Gasteiger partial charge < -0.3 is 19.3 Å². The van der Waals surface area contributed by atoms with E-state index in [1.807, 2.05) is 11.0 Å². The van der Waals surface area contributed by atoms with E-state index in [4.69, 9.17) is 37.8 Å². The lowest BCUT2D eigenvalue weighted by molar-refractivity contribution is -0.139. The van der Waals surface area contributed by atoms with Gasteiger partial charge in [0.1, 0.15) is 11.9 Å². The van der Waals surface area contributed by atoms with Gasteiger partial charge in [-0.05, 0) is 42.7 Å². The summed E-state index contributed by atoms with van der Waals surface area (Å²) in [5, 5.41) is 6.12. The van der Waals surface area contributed by atoms with Crippen LogP contribution >= 0.6 is 23.2 Å². The molecule has 8 nitrogen and oxygen atoms in total. The summed E-state index contributed by atoms with van der Waals surface area (Å²) < 4.78 is 34.8. The summed E-state index contributed by atoms with van der Waals surface area (Å²) in [5.41, 5.74) is 0.745. The molecule has 4 rings (SSSR count). The Labute approximate surface area is 215 Å². The number of nitrogens with zero attached hydrogens (tertiary/aromatic N) is 2. The highest BCUT2D eigenvalue weighted by molar-refractivity contribution is 7.89. The Kier molecular flexibility index (Phi) is 8.57. The normalized spacial score (nSPS) is 20.1. The monoisotopic (exact) mass is 541 g/mol. The van der Waals surface area contributed by atoms with Crippen LogP contribution in [0.3, 0.4) is 0 Å². The predicted molar refractivity (Wildman–Crippen MR) is 134 cm³/mol. The van der Waals surface area contributed by atoms with Crippen LogP contribution in [0.1, 0.15) is 18.4 Å². The van der Waals surface area contributed by atoms with Crippen molar-refractivity contribution in [1.29, 1.82) is 0 Å². The van der Waals surface area contributed by atoms with E-state index in [0.717, 1.165) is 43.8 Å². The van der Waals surface area contributed by atoms with Crippen molar-refractivity contribution < 1.29 is 22.7 Å². The molecule has 0 radical (unpaired) electrons. The van der Waals surface area contributed by atoms with E-state index >= 15 is 0 Å². The van der Waals surface area contributed by atoms with Crippen molar-refractivity contribution in [3.8, 4) is 5.75 Å². The van der Waals surface area contributed by atoms with Crippen molar-refractivity contribution in [2.45, 2.75) is 36.4 Å². The van der Waals surface area contributed by atoms with Gasteiger partial charge in [-0.2, -0.15) is 0 Å². The Morgan fingerprint density at radius 2 is 1.77 bits per heavy atom. The molecule has 0 spiro atoms. The first-order valence-corrected chi connectivity index (χ1v) is 13.8. The molecule has 2 aliphatic rings. The fourth-order valence-electron chi connectivity index (χ4n) is 4.38. The molecule has 2 saturated heterocycles. The Balaban J connectivity index is 1.23. The third kappa shape index (κ3) is 7.31. The lowest BCUT2D eigenvalue weighted by atomic mass is 10.1. The number of amides is 1. The van der Waals surface area contributed by atoms with Crippen LogP contribution < -0.4 is 9.88 Å². The Hall–Kier alpha value is -1.88. The van der Waals surface area contributed by atoms with Crippen molar-refractivity contribution in [2.75, 3.05) is 39.3 Å². The molecule has 2 aromatic rings. The maximum Gasteiger partial charge on any atom is 0.238 e. The lowest BCUT2D eigenvalue weighted by Gasteiger charge is -2.38. The van der Waals surface area contributed by atoms with E-state index in [1.165, 1.54) is 12.1 Å². The second-order valence-corrected chi connectivity index (χ2v) is 11.3. The number of hydrogen-bond acceptors (Lipinski definition) is 6. The molecule has 2 heterocycles. The first-order chi connectivity index (χ1) is 16.7. The highest BCUT2D eigenvalue weighted by atomic mass is 35.5. The number of ether oxygens (including phenoxy) is 2. The van der Waals surface area contributed by atoms with Crippen LogP contribution in [-0.2, 0) is 26.0 Å². The van der Waals surface area contributed by atoms with E-state index in [2.05, 4.69) is 4.90 Å². The molecular weight excluding hydrogens is 513 g/mol. The minimum Gasteiger partial charge on any atom is -0.490 e. The van der Waals surface area contributed by atoms with Crippen LogP contribution in [0.4, 0.5) is 0 Å². The Bertz CT molecular complexity index is 1140. The van der Waals surface area contributed by atoms with Crippen LogP contribution in [0.15, 0.2) is 47.4 Å². The molecule has 35 heavy (non-hydrogen) atoms. The van der Waals surface area contributed by atoms with Crippen LogP contribution in [0, 0.1) is 0 Å². The zero-order valence-electron chi connectivity index (χ0n) is 19.2. The number of piperidine rings is 1. The molecule has 1 amide bonds. The standard InChI is InChI=1S/C24H29Cl2N3O5S/c25-22-6-3-19(14-23(22)26)34-18-7-9-28(10-8-18)15-20-16-29(11-12-33-20)24(30)13-17-1-4-21(5-2-17)35(27,31)32/h1-6,14,18,20H,7-13,15-16H2,(H2,27,31,32). The second-order valence-electron chi connectivity index (χ2n) is 8.89. The van der Waals surface area contributed by atoms with E-state index in [0.29, 0.717) is 29.7 Å². The highest BCUT2D eigenvalue weighted by Gasteiger charge is 2.28. The molecule has 0 saturated carbocycles. The number of carbonyl (C=O) groups is 1. The molecule has 2 aromatic carbocycles. The van der Waals surface area contributed by atoms with E-state index in [9.17, 15) is 13.2 Å². The maximum atomic E-state index is 12.8. The third-order valence-corrected chi connectivity index (χ3v) is 7.96. The minimum atomic E-state index is -3.75. The van der Waals surface area contributed by atoms with Gasteiger partial charge in [-0.25, -0.2) is 13.6 Å². The molecule has 1 atom stereocenters. The Morgan fingerprint density at radius 3 is 2.43 bits per heavy atom. The number of morpholine rings is 1. The zero-order valence-corrected chi connectivity index (χ0v) is 21.6. The summed E-state index contributed by atoms with van der Waals surface area (Å²) in [6.07, 6.45) is 2.06. The van der Waals surface area contributed by atoms with Gasteiger partial charge >= 0.3 is 0 Å². The van der Waals surface area contributed by atoms with Crippen molar-refractivity contribution >= 4 is 39.1 Å². The predicted octanol–water partition coefficient (Wildman–Crippen LogP) is 2.95. The number of sulfonamides is 1. The third-order valence-electron chi connectivity index (χ3n) is 6.29. The first kappa shape index (κ1) is 26.2. The summed E-state index contributed by atoms with van der Waals surface area (Å²) >= 11 is 12.0. The van der Waals surface area contributed by atoms with Crippen molar-refractivity contribution in [3.05, 3.63) is 58.1 Å². The molecule has 2 fully saturated rings. The largest absolute Gasteiger partial charge is 0.490 e. The summed E-state index contributed by atoms with van der Waals surface area (Å²) in [5.74, 6) is 0.720. The smallest absolute Gasteiger partial charge is 0.238 e. The minimum absolute atomic E-state index is 0.00427. The Morgan fingerprint density at radius 1 is 1.06 bits per heavy atom. The number of hydrogen-bond donors (Lipinski definition) is 1. The molecule has 1 unspecified atom stereocenters. The second kappa shape index (κ2) is 11.5. The highest BCUT2D eigenvalue weighted by Crippen LogP contribution is 2.28. The van der Waals surface area contributed by atoms with Gasteiger partial charge in [0.25, 0.3) is 0 Å². The molecule has 11 heteroatoms. The van der Waals surface area contributed by atoms with Crippen LogP contribution in [0.25, 0.3) is 0 Å². The fourth-order valence-corrected chi connectivity index (χ4v) is 5.18. The van der Waals surface area contributed by atoms with Crippen LogP contribution in [0.5, 0.6) is 5.75 Å². The van der Waals surface area contributed by atoms with E-state index in [-0.39, 0.29) is 29.4 Å². The van der Waals surface area contributed by atoms with Crippen molar-refractivity contribution in [3.63, 3.8) is 0 Å². The van der Waals surface area contributed by atoms with E-state index in [1.54, 1.807) is 24.3 Å². The van der Waals surface area contributed by atoms with Gasteiger partial charge in [0.15, 0.2) is 0 Å². The SMILES string of the molecule is NS(=O)(=O)c1ccc(CC(=O)N2CCOC(CN3CCC(Oc4ccc(Cl)c(Cl)c4)CC3)C2)cc1. The van der Waals surface area contributed by atoms with Gasteiger partial charge in [0.2, 0.25) is 15.9 Å². The molecule has 2 aliphatic heterocycles. The number of halogens is 2. The van der Waals surface area contributed by atoms with Crippen molar-refractivity contribution in [2.24, 2.45) is 5.14 Å². The summed E-state index contributed by atoms with van der Waals surface area (Å²) in [7, 11) is -3.75. The van der Waals surface area contributed by atoms with Gasteiger partial charge in [-0.3, -0.25) is 4.79 Å². The molecule has 2 N–H and O–H groups in total. The quantitative estimate of drug-likeness (QED) is 0.578. The number of carbonyl (C=O) groups excluding carboxylic acids is 1. The average molecular weight is 542 g/mol. The summed E-state index contributed by atoms with van der Waals surface area (Å²) in [4.78, 5) is 17.0. The molecule has 0 aromatic heterocycles. The molecule has 190 valence electrons. The zero-order chi connectivity index (χ0) is 25.0. The average Bonchev–Trinajstić information content (AvgIpc) is 2.83. The number of nitrogens with two attached hydrogens (primary N) is 1. The van der Waals surface area contributed by atoms with Gasteiger partial charge in [0, 0.05) is 38.8 Å². The fraction of sp³-hybridized carbons (Fsp3) is 0.458. The topological polar surface area (TPSA) is 102 Å². The van der Waals surface area contributed by atoms with Crippen LogP contribution in [0.2, 0.25) is 10.0 Å². The maximum absolute atomic E-state index is 12.8. The number of likely N-dealkylation sites (tertiary alicyclic amines) is 1. The molecular formula is C24H29Cl2N3O5S. The number of benzene rings is 2. The van der Waals surface area contributed by atoms with Crippen molar-refractivity contribution in [1.82, 2.24) is 9.80 Å². The summed E-state index contributed by atoms with van der Waals surface area (Å²) in [6, 6.07) is 11.4. The number of primary sulfonamides is 1. The van der Waals surface area contributed by atoms with Gasteiger partial charge in [-0.1, -0.05) is 35.3 Å². The van der Waals surface area contributed by atoms with E-state index < -0.39 is 10.0 Å². The summed E-state index contributed by atoms with van der Waals surface area (Å²) in [6.45, 7) is 4.11. The van der Waals surface area contributed by atoms with Crippen LogP contribution in [-0.4, -0.2) is 75.7 Å². The molecule has 0 bridgehead atoms. The van der Waals surface area contributed by atoms with Gasteiger partial charge in [0.05, 0.1) is 34.1 Å². The number of rotatable bonds is 7. The first-order valence-electron chi connectivity index (χ1n) is 11.5.